The van der Waals surface area contributed by atoms with Gasteiger partial charge in [-0.2, -0.15) is 4.52 Å². The molecule has 1 N–H and O–H groups in total. The second-order valence-electron chi connectivity index (χ2n) is 5.22. The number of carbonyl (C=O) groups excluding carboxylic acids is 1. The molecule has 0 aliphatic carbocycles. The van der Waals surface area contributed by atoms with Crippen LogP contribution in [-0.2, 0) is 6.54 Å². The van der Waals surface area contributed by atoms with Crippen LogP contribution >= 0.6 is 0 Å². The van der Waals surface area contributed by atoms with Crippen LogP contribution in [0.15, 0.2) is 54.9 Å². The number of amides is 1. The fourth-order valence-corrected chi connectivity index (χ4v) is 2.60. The number of benzene rings is 1. The van der Waals surface area contributed by atoms with Gasteiger partial charge in [-0.3, -0.25) is 4.79 Å². The van der Waals surface area contributed by atoms with Crippen molar-refractivity contribution in [2.45, 2.75) is 6.54 Å². The predicted octanol–water partition coefficient (Wildman–Crippen LogP) is 1.51. The zero-order chi connectivity index (χ0) is 15.6. The van der Waals surface area contributed by atoms with E-state index in [4.69, 9.17) is 0 Å². The Kier molecular flexibility index (Phi) is 3.23. The molecule has 0 atom stereocenters. The van der Waals surface area contributed by atoms with Gasteiger partial charge >= 0.3 is 0 Å². The molecule has 3 heterocycles. The highest BCUT2D eigenvalue weighted by Crippen LogP contribution is 2.14. The molecule has 1 amide bonds. The molecular formula is C16H14N6O. The molecule has 0 aliphatic rings. The first-order chi connectivity index (χ1) is 11.3. The van der Waals surface area contributed by atoms with Crippen LogP contribution in [-0.4, -0.2) is 37.1 Å². The van der Waals surface area contributed by atoms with Gasteiger partial charge in [0.25, 0.3) is 5.91 Å². The average Bonchev–Trinajstić information content (AvgIpc) is 3.21. The fourth-order valence-electron chi connectivity index (χ4n) is 2.60. The van der Waals surface area contributed by atoms with Crippen molar-refractivity contribution in [1.29, 1.82) is 0 Å². The SMILES string of the molecule is O=C(NCCn1ccc2ccccc21)c1ccc2nnnn2c1. The molecule has 4 rings (SSSR count). The van der Waals surface area contributed by atoms with Gasteiger partial charge in [-0.25, -0.2) is 0 Å². The van der Waals surface area contributed by atoms with Gasteiger partial charge in [0.15, 0.2) is 5.65 Å². The van der Waals surface area contributed by atoms with E-state index in [1.165, 1.54) is 9.90 Å². The first kappa shape index (κ1) is 13.4. The summed E-state index contributed by atoms with van der Waals surface area (Å²) in [6.07, 6.45) is 3.65. The highest BCUT2D eigenvalue weighted by molar-refractivity contribution is 5.94. The molecule has 0 spiro atoms. The van der Waals surface area contributed by atoms with Gasteiger partial charge < -0.3 is 9.88 Å². The molecule has 0 bridgehead atoms. The van der Waals surface area contributed by atoms with Gasteiger partial charge in [0, 0.05) is 31.0 Å². The normalized spacial score (nSPS) is 11.1. The Labute approximate surface area is 131 Å². The molecule has 3 aromatic heterocycles. The number of aromatic nitrogens is 5. The second kappa shape index (κ2) is 5.53. The Hall–Kier alpha value is -3.22. The zero-order valence-electron chi connectivity index (χ0n) is 12.3. The molecule has 0 fully saturated rings. The summed E-state index contributed by atoms with van der Waals surface area (Å²) >= 11 is 0. The molecular weight excluding hydrogens is 292 g/mol. The minimum atomic E-state index is -0.140. The maximum absolute atomic E-state index is 12.2. The van der Waals surface area contributed by atoms with E-state index in [0.29, 0.717) is 24.3 Å². The Morgan fingerprint density at radius 1 is 1.13 bits per heavy atom. The van der Waals surface area contributed by atoms with Crippen molar-refractivity contribution >= 4 is 22.5 Å². The van der Waals surface area contributed by atoms with Crippen LogP contribution in [0.4, 0.5) is 0 Å². The summed E-state index contributed by atoms with van der Waals surface area (Å²) < 4.78 is 3.61. The molecule has 23 heavy (non-hydrogen) atoms. The fraction of sp³-hybridized carbons (Fsp3) is 0.125. The van der Waals surface area contributed by atoms with Crippen molar-refractivity contribution in [1.82, 2.24) is 29.9 Å². The monoisotopic (exact) mass is 306 g/mol. The summed E-state index contributed by atoms with van der Waals surface area (Å²) in [4.78, 5) is 12.2. The molecule has 114 valence electrons. The summed E-state index contributed by atoms with van der Waals surface area (Å²) in [6, 6.07) is 13.7. The van der Waals surface area contributed by atoms with E-state index in [9.17, 15) is 4.79 Å². The number of nitrogens with zero attached hydrogens (tertiary/aromatic N) is 5. The summed E-state index contributed by atoms with van der Waals surface area (Å²) in [5.74, 6) is -0.140. The number of carbonyl (C=O) groups is 1. The maximum atomic E-state index is 12.2. The van der Waals surface area contributed by atoms with Crippen molar-refractivity contribution in [3.63, 3.8) is 0 Å². The zero-order valence-corrected chi connectivity index (χ0v) is 12.3. The molecule has 0 saturated carbocycles. The lowest BCUT2D eigenvalue weighted by molar-refractivity contribution is 0.0952. The average molecular weight is 306 g/mol. The Bertz CT molecular complexity index is 986. The van der Waals surface area contributed by atoms with Gasteiger partial charge in [-0.05, 0) is 40.1 Å². The van der Waals surface area contributed by atoms with Crippen LogP contribution in [0.5, 0.6) is 0 Å². The van der Waals surface area contributed by atoms with E-state index in [1.807, 2.05) is 18.3 Å². The lowest BCUT2D eigenvalue weighted by atomic mass is 10.2. The largest absolute Gasteiger partial charge is 0.350 e. The van der Waals surface area contributed by atoms with Crippen LogP contribution in [0.25, 0.3) is 16.6 Å². The van der Waals surface area contributed by atoms with Crippen molar-refractivity contribution in [3.05, 3.63) is 60.4 Å². The van der Waals surface area contributed by atoms with Crippen molar-refractivity contribution in [2.24, 2.45) is 0 Å². The number of pyridine rings is 1. The van der Waals surface area contributed by atoms with E-state index in [1.54, 1.807) is 18.3 Å². The molecule has 0 saturated heterocycles. The summed E-state index contributed by atoms with van der Waals surface area (Å²) in [6.45, 7) is 1.26. The number of rotatable bonds is 4. The van der Waals surface area contributed by atoms with E-state index in [0.717, 1.165) is 5.52 Å². The third kappa shape index (κ3) is 2.52. The van der Waals surface area contributed by atoms with Crippen molar-refractivity contribution < 1.29 is 4.79 Å². The van der Waals surface area contributed by atoms with E-state index < -0.39 is 0 Å². The Balaban J connectivity index is 1.43. The number of fused-ring (bicyclic) bond motifs is 2. The van der Waals surface area contributed by atoms with Crippen molar-refractivity contribution in [2.75, 3.05) is 6.54 Å². The smallest absolute Gasteiger partial charge is 0.252 e. The topological polar surface area (TPSA) is 77.1 Å². The van der Waals surface area contributed by atoms with Crippen LogP contribution in [0.1, 0.15) is 10.4 Å². The lowest BCUT2D eigenvalue weighted by Gasteiger charge is -2.07. The quantitative estimate of drug-likeness (QED) is 0.620. The highest BCUT2D eigenvalue weighted by atomic mass is 16.1. The molecule has 4 aromatic rings. The number of hydrogen-bond donors (Lipinski definition) is 1. The van der Waals surface area contributed by atoms with Crippen LogP contribution in [0.3, 0.4) is 0 Å². The van der Waals surface area contributed by atoms with Gasteiger partial charge in [0.05, 0.1) is 5.56 Å². The van der Waals surface area contributed by atoms with E-state index >= 15 is 0 Å². The van der Waals surface area contributed by atoms with Crippen LogP contribution < -0.4 is 5.32 Å². The Morgan fingerprint density at radius 2 is 2.04 bits per heavy atom. The number of hydrogen-bond acceptors (Lipinski definition) is 4. The number of nitrogens with one attached hydrogen (secondary N) is 1. The molecule has 7 nitrogen and oxygen atoms in total. The molecule has 0 aliphatic heterocycles. The second-order valence-corrected chi connectivity index (χ2v) is 5.22. The van der Waals surface area contributed by atoms with E-state index in [-0.39, 0.29) is 5.91 Å². The molecule has 0 unspecified atom stereocenters. The van der Waals surface area contributed by atoms with Crippen LogP contribution in [0.2, 0.25) is 0 Å². The van der Waals surface area contributed by atoms with Gasteiger partial charge in [-0.1, -0.05) is 18.2 Å². The highest BCUT2D eigenvalue weighted by Gasteiger charge is 2.07. The Morgan fingerprint density at radius 3 is 3.00 bits per heavy atom. The third-order valence-electron chi connectivity index (χ3n) is 3.77. The first-order valence-electron chi connectivity index (χ1n) is 7.31. The predicted molar refractivity (Wildman–Crippen MR) is 85.1 cm³/mol. The molecule has 1 aromatic carbocycles. The summed E-state index contributed by atoms with van der Waals surface area (Å²) in [7, 11) is 0. The van der Waals surface area contributed by atoms with Crippen LogP contribution in [0, 0.1) is 0 Å². The lowest BCUT2D eigenvalue weighted by Crippen LogP contribution is -2.27. The minimum absolute atomic E-state index is 0.140. The third-order valence-corrected chi connectivity index (χ3v) is 3.77. The number of para-hydroxylation sites is 1. The molecule has 0 radical (unpaired) electrons. The van der Waals surface area contributed by atoms with Gasteiger partial charge in [0.2, 0.25) is 0 Å². The van der Waals surface area contributed by atoms with Gasteiger partial charge in [-0.15, -0.1) is 5.10 Å². The number of tetrazole rings is 1. The van der Waals surface area contributed by atoms with E-state index in [2.05, 4.69) is 43.6 Å². The first-order valence-corrected chi connectivity index (χ1v) is 7.31. The summed E-state index contributed by atoms with van der Waals surface area (Å²) in [5, 5.41) is 15.3. The maximum Gasteiger partial charge on any atom is 0.252 e. The summed E-state index contributed by atoms with van der Waals surface area (Å²) in [5.41, 5.74) is 2.30. The standard InChI is InChI=1S/C16H14N6O/c23-16(13-5-6-15-18-19-20-22(15)11-13)17-8-10-21-9-7-12-3-1-2-4-14(12)21/h1-7,9,11H,8,10H2,(H,17,23). The minimum Gasteiger partial charge on any atom is -0.350 e. The van der Waals surface area contributed by atoms with Crippen molar-refractivity contribution in [3.8, 4) is 0 Å². The molecule has 7 heteroatoms. The van der Waals surface area contributed by atoms with Gasteiger partial charge in [0.1, 0.15) is 0 Å².